The number of aryl methyl sites for hydroxylation is 1. The molecular weight excluding hydrogens is 212 g/mol. The molecule has 1 aromatic carbocycles. The summed E-state index contributed by atoms with van der Waals surface area (Å²) in [6.45, 7) is 8.78. The molecular formula is C15H20O2. The zero-order chi connectivity index (χ0) is 12.6. The van der Waals surface area contributed by atoms with Crippen molar-refractivity contribution in [1.29, 1.82) is 0 Å². The van der Waals surface area contributed by atoms with Crippen molar-refractivity contribution >= 4 is 5.97 Å². The van der Waals surface area contributed by atoms with Crippen LogP contribution in [0.4, 0.5) is 0 Å². The van der Waals surface area contributed by atoms with Crippen molar-refractivity contribution < 1.29 is 9.53 Å². The molecule has 0 bridgehead atoms. The van der Waals surface area contributed by atoms with Crippen molar-refractivity contribution in [2.45, 2.75) is 52.4 Å². The second-order valence-corrected chi connectivity index (χ2v) is 5.37. The average Bonchev–Trinajstić information content (AvgIpc) is 2.26. The zero-order valence-electron chi connectivity index (χ0n) is 11.0. The molecule has 0 spiro atoms. The molecule has 1 heterocycles. The van der Waals surface area contributed by atoms with Gasteiger partial charge in [-0.3, -0.25) is 4.79 Å². The van der Waals surface area contributed by atoms with Crippen molar-refractivity contribution in [1.82, 2.24) is 0 Å². The molecule has 17 heavy (non-hydrogen) atoms. The highest BCUT2D eigenvalue weighted by Crippen LogP contribution is 2.35. The SMILES string of the molecule is CC(C)c1cc2c(cc1C(C)C)OC(=O)CC2. The van der Waals surface area contributed by atoms with Gasteiger partial charge in [0.25, 0.3) is 0 Å². The Kier molecular flexibility index (Phi) is 3.23. The molecule has 0 saturated heterocycles. The van der Waals surface area contributed by atoms with Crippen molar-refractivity contribution in [3.63, 3.8) is 0 Å². The molecule has 1 aliphatic heterocycles. The van der Waals surface area contributed by atoms with E-state index >= 15 is 0 Å². The van der Waals surface area contributed by atoms with E-state index in [0.29, 0.717) is 18.3 Å². The normalized spacial score (nSPS) is 15.1. The number of fused-ring (bicyclic) bond motifs is 1. The molecule has 92 valence electrons. The molecule has 1 aromatic rings. The fourth-order valence-corrected chi connectivity index (χ4v) is 2.36. The van der Waals surface area contributed by atoms with Gasteiger partial charge in [-0.05, 0) is 41.0 Å². The van der Waals surface area contributed by atoms with E-state index in [-0.39, 0.29) is 5.97 Å². The van der Waals surface area contributed by atoms with Gasteiger partial charge in [0.05, 0.1) is 6.42 Å². The van der Waals surface area contributed by atoms with Gasteiger partial charge in [-0.2, -0.15) is 0 Å². The van der Waals surface area contributed by atoms with E-state index < -0.39 is 0 Å². The number of hydrogen-bond donors (Lipinski definition) is 0. The molecule has 2 rings (SSSR count). The van der Waals surface area contributed by atoms with Crippen LogP contribution in [0.5, 0.6) is 5.75 Å². The Bertz CT molecular complexity index is 444. The Morgan fingerprint density at radius 3 is 2.18 bits per heavy atom. The number of esters is 1. The number of benzene rings is 1. The van der Waals surface area contributed by atoms with Gasteiger partial charge in [-0.15, -0.1) is 0 Å². The minimum Gasteiger partial charge on any atom is -0.426 e. The van der Waals surface area contributed by atoms with Gasteiger partial charge in [-0.25, -0.2) is 0 Å². The number of carbonyl (C=O) groups is 1. The van der Waals surface area contributed by atoms with E-state index in [0.717, 1.165) is 12.2 Å². The predicted molar refractivity (Wildman–Crippen MR) is 68.6 cm³/mol. The molecule has 0 amide bonds. The van der Waals surface area contributed by atoms with E-state index in [9.17, 15) is 4.79 Å². The number of ether oxygens (including phenoxy) is 1. The predicted octanol–water partition coefficient (Wildman–Crippen LogP) is 3.79. The second kappa shape index (κ2) is 4.52. The van der Waals surface area contributed by atoms with Crippen LogP contribution in [0.1, 0.15) is 62.6 Å². The summed E-state index contributed by atoms with van der Waals surface area (Å²) in [5, 5.41) is 0. The standard InChI is InChI=1S/C15H20O2/c1-9(2)12-7-11-5-6-15(16)17-14(11)8-13(12)10(3)4/h7-10H,5-6H2,1-4H3. The van der Waals surface area contributed by atoms with Gasteiger partial charge in [0.1, 0.15) is 5.75 Å². The van der Waals surface area contributed by atoms with Crippen molar-refractivity contribution in [3.8, 4) is 5.75 Å². The molecule has 2 nitrogen and oxygen atoms in total. The van der Waals surface area contributed by atoms with E-state index in [4.69, 9.17) is 4.74 Å². The number of hydrogen-bond acceptors (Lipinski definition) is 2. The molecule has 0 atom stereocenters. The van der Waals surface area contributed by atoms with Gasteiger partial charge < -0.3 is 4.74 Å². The van der Waals surface area contributed by atoms with Crippen LogP contribution in [0.3, 0.4) is 0 Å². The zero-order valence-corrected chi connectivity index (χ0v) is 11.0. The molecule has 0 fully saturated rings. The first-order valence-electron chi connectivity index (χ1n) is 6.36. The minimum atomic E-state index is -0.107. The highest BCUT2D eigenvalue weighted by Gasteiger charge is 2.21. The van der Waals surface area contributed by atoms with Gasteiger partial charge in [0.15, 0.2) is 0 Å². The van der Waals surface area contributed by atoms with E-state index in [1.54, 1.807) is 0 Å². The molecule has 0 aromatic heterocycles. The Morgan fingerprint density at radius 1 is 1.00 bits per heavy atom. The van der Waals surface area contributed by atoms with E-state index in [2.05, 4.69) is 39.8 Å². The summed E-state index contributed by atoms with van der Waals surface area (Å²) >= 11 is 0. The molecule has 0 aliphatic carbocycles. The Balaban J connectivity index is 2.52. The van der Waals surface area contributed by atoms with E-state index in [1.165, 1.54) is 16.7 Å². The maximum atomic E-state index is 11.3. The first-order valence-corrected chi connectivity index (χ1v) is 6.36. The van der Waals surface area contributed by atoms with Gasteiger partial charge in [-0.1, -0.05) is 33.8 Å². The highest BCUT2D eigenvalue weighted by molar-refractivity contribution is 5.75. The largest absolute Gasteiger partial charge is 0.426 e. The van der Waals surface area contributed by atoms with Crippen LogP contribution in [0.25, 0.3) is 0 Å². The summed E-state index contributed by atoms with van der Waals surface area (Å²) in [6.07, 6.45) is 1.32. The van der Waals surface area contributed by atoms with Crippen LogP contribution in [0.2, 0.25) is 0 Å². The average molecular weight is 232 g/mol. The molecule has 0 saturated carbocycles. The lowest BCUT2D eigenvalue weighted by molar-refractivity contribution is -0.135. The smallest absolute Gasteiger partial charge is 0.311 e. The molecule has 0 N–H and O–H groups in total. The van der Waals surface area contributed by atoms with Gasteiger partial charge >= 0.3 is 5.97 Å². The molecule has 1 aliphatic rings. The quantitative estimate of drug-likeness (QED) is 0.573. The molecule has 0 unspecified atom stereocenters. The minimum absolute atomic E-state index is 0.107. The van der Waals surface area contributed by atoms with Crippen LogP contribution in [0.15, 0.2) is 12.1 Å². The van der Waals surface area contributed by atoms with Crippen LogP contribution in [-0.4, -0.2) is 5.97 Å². The van der Waals surface area contributed by atoms with Crippen molar-refractivity contribution in [2.24, 2.45) is 0 Å². The third-order valence-corrected chi connectivity index (χ3v) is 3.33. The first kappa shape index (κ1) is 12.2. The molecule has 2 heteroatoms. The second-order valence-electron chi connectivity index (χ2n) is 5.37. The monoisotopic (exact) mass is 232 g/mol. The van der Waals surface area contributed by atoms with Crippen LogP contribution in [-0.2, 0) is 11.2 Å². The Labute approximate surface area is 103 Å². The third-order valence-electron chi connectivity index (χ3n) is 3.33. The number of carbonyl (C=O) groups excluding carboxylic acids is 1. The van der Waals surface area contributed by atoms with E-state index in [1.807, 2.05) is 0 Å². The maximum Gasteiger partial charge on any atom is 0.311 e. The summed E-state index contributed by atoms with van der Waals surface area (Å²) < 4.78 is 5.32. The summed E-state index contributed by atoms with van der Waals surface area (Å²) in [7, 11) is 0. The summed E-state index contributed by atoms with van der Waals surface area (Å²) in [5.74, 6) is 1.63. The lowest BCUT2D eigenvalue weighted by Gasteiger charge is -2.22. The van der Waals surface area contributed by atoms with Crippen molar-refractivity contribution in [2.75, 3.05) is 0 Å². The topological polar surface area (TPSA) is 26.3 Å². The fraction of sp³-hybridized carbons (Fsp3) is 0.533. The van der Waals surface area contributed by atoms with Crippen LogP contribution in [0, 0.1) is 0 Å². The highest BCUT2D eigenvalue weighted by atomic mass is 16.5. The number of rotatable bonds is 2. The molecule has 0 radical (unpaired) electrons. The summed E-state index contributed by atoms with van der Waals surface area (Å²) in [6, 6.07) is 4.29. The summed E-state index contributed by atoms with van der Waals surface area (Å²) in [4.78, 5) is 11.3. The summed E-state index contributed by atoms with van der Waals surface area (Å²) in [5.41, 5.74) is 3.86. The Hall–Kier alpha value is -1.31. The lowest BCUT2D eigenvalue weighted by atomic mass is 9.87. The maximum absolute atomic E-state index is 11.3. The lowest BCUT2D eigenvalue weighted by Crippen LogP contribution is -2.17. The van der Waals surface area contributed by atoms with Crippen LogP contribution >= 0.6 is 0 Å². The fourth-order valence-electron chi connectivity index (χ4n) is 2.36. The van der Waals surface area contributed by atoms with Gasteiger partial charge in [0.2, 0.25) is 0 Å². The Morgan fingerprint density at radius 2 is 1.59 bits per heavy atom. The van der Waals surface area contributed by atoms with Gasteiger partial charge in [0, 0.05) is 0 Å². The first-order chi connectivity index (χ1) is 7.99. The van der Waals surface area contributed by atoms with Crippen LogP contribution < -0.4 is 4.74 Å². The van der Waals surface area contributed by atoms with Crippen molar-refractivity contribution in [3.05, 3.63) is 28.8 Å². The third kappa shape index (κ3) is 2.36.